The summed E-state index contributed by atoms with van der Waals surface area (Å²) in [7, 11) is 1.72. The second kappa shape index (κ2) is 4.61. The molecule has 0 unspecified atom stereocenters. The van der Waals surface area contributed by atoms with Crippen LogP contribution >= 0.6 is 0 Å². The van der Waals surface area contributed by atoms with E-state index in [2.05, 4.69) is 5.32 Å². The summed E-state index contributed by atoms with van der Waals surface area (Å²) < 4.78 is 0. The van der Waals surface area contributed by atoms with Gasteiger partial charge in [-0.15, -0.1) is 0 Å². The molecule has 0 bridgehead atoms. The lowest BCUT2D eigenvalue weighted by molar-refractivity contribution is 0.0473. The fraction of sp³-hybridized carbons (Fsp3) is 0.500. The molecule has 4 nitrogen and oxygen atoms in total. The second-order valence-corrected chi connectivity index (χ2v) is 5.38. The number of hydrogen-bond donors (Lipinski definition) is 2. The maximum Gasteiger partial charge on any atom is 0.254 e. The number of benzene rings is 1. The molecule has 1 aliphatic rings. The van der Waals surface area contributed by atoms with E-state index in [9.17, 15) is 9.90 Å². The standard InChI is InChI=1S/C14H20N2O2/c1-14(2,9-17)16(3)13(18)11-5-4-10-6-7-15-12(10)8-11/h4-5,8,15,17H,6-7,9H2,1-3H3. The summed E-state index contributed by atoms with van der Waals surface area (Å²) in [5.74, 6) is -0.0643. The van der Waals surface area contributed by atoms with Crippen LogP contribution in [0.5, 0.6) is 0 Å². The summed E-state index contributed by atoms with van der Waals surface area (Å²) in [5, 5.41) is 12.6. The molecule has 0 saturated heterocycles. The topological polar surface area (TPSA) is 52.6 Å². The summed E-state index contributed by atoms with van der Waals surface area (Å²) in [4.78, 5) is 13.9. The van der Waals surface area contributed by atoms with E-state index in [1.165, 1.54) is 5.56 Å². The number of nitrogens with one attached hydrogen (secondary N) is 1. The quantitative estimate of drug-likeness (QED) is 0.852. The highest BCUT2D eigenvalue weighted by molar-refractivity contribution is 5.95. The molecule has 1 amide bonds. The molecular formula is C14H20N2O2. The summed E-state index contributed by atoms with van der Waals surface area (Å²) in [5.41, 5.74) is 2.42. The molecule has 1 heterocycles. The molecule has 0 fully saturated rings. The number of amides is 1. The van der Waals surface area contributed by atoms with E-state index in [4.69, 9.17) is 0 Å². The Kier molecular flexibility index (Phi) is 3.30. The predicted molar refractivity (Wildman–Crippen MR) is 71.9 cm³/mol. The average Bonchev–Trinajstić information content (AvgIpc) is 2.84. The third kappa shape index (κ3) is 2.20. The summed E-state index contributed by atoms with van der Waals surface area (Å²) in [6.45, 7) is 4.57. The number of carbonyl (C=O) groups excluding carboxylic acids is 1. The number of nitrogens with zero attached hydrogens (tertiary/aromatic N) is 1. The average molecular weight is 248 g/mol. The van der Waals surface area contributed by atoms with Crippen molar-refractivity contribution < 1.29 is 9.90 Å². The van der Waals surface area contributed by atoms with Crippen molar-refractivity contribution in [2.45, 2.75) is 25.8 Å². The molecule has 1 aromatic rings. The Balaban J connectivity index is 2.24. The minimum absolute atomic E-state index is 0.0571. The van der Waals surface area contributed by atoms with E-state index in [-0.39, 0.29) is 12.5 Å². The van der Waals surface area contributed by atoms with E-state index in [0.717, 1.165) is 18.7 Å². The van der Waals surface area contributed by atoms with Gasteiger partial charge in [0, 0.05) is 24.8 Å². The van der Waals surface area contributed by atoms with Crippen LogP contribution in [0.15, 0.2) is 18.2 Å². The molecule has 0 aromatic heterocycles. The van der Waals surface area contributed by atoms with Gasteiger partial charge in [0.05, 0.1) is 12.1 Å². The normalized spacial score (nSPS) is 14.0. The Morgan fingerprint density at radius 3 is 2.89 bits per heavy atom. The van der Waals surface area contributed by atoms with Crippen LogP contribution in [0, 0.1) is 0 Å². The summed E-state index contributed by atoms with van der Waals surface area (Å²) >= 11 is 0. The third-order valence-electron chi connectivity index (χ3n) is 3.67. The summed E-state index contributed by atoms with van der Waals surface area (Å²) in [6, 6.07) is 5.76. The summed E-state index contributed by atoms with van der Waals surface area (Å²) in [6.07, 6.45) is 1.02. The first kappa shape index (κ1) is 12.9. The van der Waals surface area contributed by atoms with Gasteiger partial charge in [-0.25, -0.2) is 0 Å². The zero-order chi connectivity index (χ0) is 13.3. The van der Waals surface area contributed by atoms with Gasteiger partial charge in [0.25, 0.3) is 5.91 Å². The van der Waals surface area contributed by atoms with E-state index in [0.29, 0.717) is 5.56 Å². The number of fused-ring (bicyclic) bond motifs is 1. The van der Waals surface area contributed by atoms with Crippen molar-refractivity contribution in [3.05, 3.63) is 29.3 Å². The smallest absolute Gasteiger partial charge is 0.254 e. The van der Waals surface area contributed by atoms with Gasteiger partial charge in [-0.1, -0.05) is 6.07 Å². The maximum absolute atomic E-state index is 12.3. The van der Waals surface area contributed by atoms with E-state index >= 15 is 0 Å². The number of carbonyl (C=O) groups is 1. The Morgan fingerprint density at radius 2 is 2.22 bits per heavy atom. The van der Waals surface area contributed by atoms with Gasteiger partial charge in [0.15, 0.2) is 0 Å². The molecule has 0 atom stereocenters. The number of hydrogen-bond acceptors (Lipinski definition) is 3. The number of likely N-dealkylation sites (N-methyl/N-ethyl adjacent to an activating group) is 1. The highest BCUT2D eigenvalue weighted by Crippen LogP contribution is 2.24. The molecule has 2 rings (SSSR count). The fourth-order valence-corrected chi connectivity index (χ4v) is 2.00. The lowest BCUT2D eigenvalue weighted by Crippen LogP contribution is -2.47. The van der Waals surface area contributed by atoms with Gasteiger partial charge < -0.3 is 15.3 Å². The Morgan fingerprint density at radius 1 is 1.50 bits per heavy atom. The Hall–Kier alpha value is -1.55. The highest BCUT2D eigenvalue weighted by atomic mass is 16.3. The van der Waals surface area contributed by atoms with Gasteiger partial charge in [-0.05, 0) is 38.0 Å². The van der Waals surface area contributed by atoms with Crippen LogP contribution in [0.3, 0.4) is 0 Å². The molecule has 0 radical (unpaired) electrons. The van der Waals surface area contributed by atoms with Crippen molar-refractivity contribution in [2.24, 2.45) is 0 Å². The third-order valence-corrected chi connectivity index (χ3v) is 3.67. The van der Waals surface area contributed by atoms with E-state index in [1.807, 2.05) is 32.0 Å². The SMILES string of the molecule is CN(C(=O)c1ccc2c(c1)NCC2)C(C)(C)CO. The van der Waals surface area contributed by atoms with Crippen LogP contribution in [0.25, 0.3) is 0 Å². The largest absolute Gasteiger partial charge is 0.394 e. The number of aliphatic hydroxyl groups is 1. The Labute approximate surface area is 108 Å². The first-order valence-corrected chi connectivity index (χ1v) is 6.21. The van der Waals surface area contributed by atoms with Crippen molar-refractivity contribution in [2.75, 3.05) is 25.5 Å². The molecule has 1 aromatic carbocycles. The highest BCUT2D eigenvalue weighted by Gasteiger charge is 2.28. The van der Waals surface area contributed by atoms with Gasteiger partial charge in [-0.3, -0.25) is 4.79 Å². The van der Waals surface area contributed by atoms with Crippen molar-refractivity contribution >= 4 is 11.6 Å². The van der Waals surface area contributed by atoms with Crippen LogP contribution in [0.1, 0.15) is 29.8 Å². The molecule has 1 aliphatic heterocycles. The number of anilines is 1. The second-order valence-electron chi connectivity index (χ2n) is 5.38. The first-order valence-electron chi connectivity index (χ1n) is 6.21. The molecule has 98 valence electrons. The van der Waals surface area contributed by atoms with Crippen LogP contribution in [0.4, 0.5) is 5.69 Å². The van der Waals surface area contributed by atoms with Crippen molar-refractivity contribution in [3.63, 3.8) is 0 Å². The van der Waals surface area contributed by atoms with Gasteiger partial charge in [0.1, 0.15) is 0 Å². The predicted octanol–water partition coefficient (Wildman–Crippen LogP) is 1.50. The minimum Gasteiger partial charge on any atom is -0.394 e. The molecule has 0 aliphatic carbocycles. The van der Waals surface area contributed by atoms with Crippen LogP contribution in [-0.2, 0) is 6.42 Å². The zero-order valence-corrected chi connectivity index (χ0v) is 11.2. The molecule has 0 saturated carbocycles. The zero-order valence-electron chi connectivity index (χ0n) is 11.2. The van der Waals surface area contributed by atoms with E-state index < -0.39 is 5.54 Å². The number of aliphatic hydroxyl groups excluding tert-OH is 1. The first-order chi connectivity index (χ1) is 8.45. The molecule has 2 N–H and O–H groups in total. The lowest BCUT2D eigenvalue weighted by Gasteiger charge is -2.34. The van der Waals surface area contributed by atoms with Crippen molar-refractivity contribution in [3.8, 4) is 0 Å². The maximum atomic E-state index is 12.3. The molecular weight excluding hydrogens is 228 g/mol. The van der Waals surface area contributed by atoms with Crippen LogP contribution in [0.2, 0.25) is 0 Å². The van der Waals surface area contributed by atoms with Gasteiger partial charge in [0.2, 0.25) is 0 Å². The number of rotatable bonds is 3. The van der Waals surface area contributed by atoms with Crippen LogP contribution in [-0.4, -0.2) is 41.7 Å². The minimum atomic E-state index is -0.552. The Bertz CT molecular complexity index is 469. The van der Waals surface area contributed by atoms with Crippen LogP contribution < -0.4 is 5.32 Å². The fourth-order valence-electron chi connectivity index (χ4n) is 2.00. The van der Waals surface area contributed by atoms with Crippen molar-refractivity contribution in [1.29, 1.82) is 0 Å². The molecule has 18 heavy (non-hydrogen) atoms. The lowest BCUT2D eigenvalue weighted by atomic mass is 10.0. The van der Waals surface area contributed by atoms with Gasteiger partial charge in [-0.2, -0.15) is 0 Å². The monoisotopic (exact) mass is 248 g/mol. The van der Waals surface area contributed by atoms with Gasteiger partial charge >= 0.3 is 0 Å². The van der Waals surface area contributed by atoms with Crippen molar-refractivity contribution in [1.82, 2.24) is 4.90 Å². The molecule has 4 heteroatoms. The van der Waals surface area contributed by atoms with E-state index in [1.54, 1.807) is 11.9 Å². The molecule has 0 spiro atoms.